The number of carbonyl (C=O) groups is 1. The van der Waals surface area contributed by atoms with E-state index < -0.39 is 22.5 Å². The van der Waals surface area contributed by atoms with Crippen molar-refractivity contribution in [3.63, 3.8) is 0 Å². The molecule has 0 atom stereocenters. The molecule has 114 valence electrons. The molecule has 0 aromatic heterocycles. The first-order valence-corrected chi connectivity index (χ1v) is 7.75. The van der Waals surface area contributed by atoms with Crippen molar-refractivity contribution in [3.05, 3.63) is 24.3 Å². The van der Waals surface area contributed by atoms with Crippen LogP contribution in [-0.2, 0) is 19.6 Å². The summed E-state index contributed by atoms with van der Waals surface area (Å²) in [6.07, 6.45) is 0. The van der Waals surface area contributed by atoms with Gasteiger partial charge < -0.3 is 9.47 Å². The maximum absolute atomic E-state index is 11.9. The van der Waals surface area contributed by atoms with Gasteiger partial charge in [-0.2, -0.15) is 4.72 Å². The Morgan fingerprint density at radius 3 is 2.52 bits per heavy atom. The van der Waals surface area contributed by atoms with Gasteiger partial charge in [0.05, 0.1) is 11.5 Å². The third-order valence-electron chi connectivity index (χ3n) is 2.33. The smallest absolute Gasteiger partial charge is 0.321 e. The van der Waals surface area contributed by atoms with E-state index in [1.807, 2.05) is 0 Å². The SMILES string of the molecule is CC#CCOc1ccc(S(=O)(=O)NCC(=O)OCC)cc1. The van der Waals surface area contributed by atoms with Gasteiger partial charge in [-0.15, -0.1) is 5.92 Å². The minimum atomic E-state index is -3.75. The normalized spacial score (nSPS) is 10.4. The van der Waals surface area contributed by atoms with Crippen molar-refractivity contribution in [1.82, 2.24) is 4.72 Å². The molecule has 0 bridgehead atoms. The summed E-state index contributed by atoms with van der Waals surface area (Å²) in [6.45, 7) is 3.39. The number of nitrogens with one attached hydrogen (secondary N) is 1. The topological polar surface area (TPSA) is 81.7 Å². The molecule has 6 nitrogen and oxygen atoms in total. The Kier molecular flexibility index (Phi) is 6.72. The molecule has 0 radical (unpaired) electrons. The van der Waals surface area contributed by atoms with Gasteiger partial charge in [-0.3, -0.25) is 4.79 Å². The lowest BCUT2D eigenvalue weighted by Gasteiger charge is -2.07. The Labute approximate surface area is 124 Å². The van der Waals surface area contributed by atoms with E-state index in [2.05, 4.69) is 21.3 Å². The second-order valence-electron chi connectivity index (χ2n) is 3.82. The van der Waals surface area contributed by atoms with Gasteiger partial charge in [-0.25, -0.2) is 8.42 Å². The molecule has 1 N–H and O–H groups in total. The van der Waals surface area contributed by atoms with Gasteiger partial charge in [0, 0.05) is 0 Å². The van der Waals surface area contributed by atoms with Crippen molar-refractivity contribution in [1.29, 1.82) is 0 Å². The van der Waals surface area contributed by atoms with Crippen molar-refractivity contribution in [2.24, 2.45) is 0 Å². The number of benzene rings is 1. The second-order valence-corrected chi connectivity index (χ2v) is 5.58. The summed E-state index contributed by atoms with van der Waals surface area (Å²) in [5.74, 6) is 5.31. The van der Waals surface area contributed by atoms with Gasteiger partial charge in [0.25, 0.3) is 0 Å². The van der Waals surface area contributed by atoms with Crippen molar-refractivity contribution in [2.45, 2.75) is 18.7 Å². The summed E-state index contributed by atoms with van der Waals surface area (Å²) in [5, 5.41) is 0. The Morgan fingerprint density at radius 1 is 1.29 bits per heavy atom. The number of hydrogen-bond acceptors (Lipinski definition) is 5. The highest BCUT2D eigenvalue weighted by atomic mass is 32.2. The Bertz CT molecular complexity index is 626. The minimum Gasteiger partial charge on any atom is -0.481 e. The van der Waals surface area contributed by atoms with Gasteiger partial charge in [0.2, 0.25) is 10.0 Å². The molecule has 1 aromatic rings. The van der Waals surface area contributed by atoms with Crippen LogP contribution >= 0.6 is 0 Å². The van der Waals surface area contributed by atoms with Crippen LogP contribution < -0.4 is 9.46 Å². The lowest BCUT2D eigenvalue weighted by atomic mass is 10.3. The standard InChI is InChI=1S/C14H17NO5S/c1-3-5-10-20-12-6-8-13(9-7-12)21(17,18)15-11-14(16)19-4-2/h6-9,15H,4,10-11H2,1-2H3. The van der Waals surface area contributed by atoms with Crippen molar-refractivity contribution in [3.8, 4) is 17.6 Å². The van der Waals surface area contributed by atoms with Crippen LogP contribution in [0.3, 0.4) is 0 Å². The molecule has 7 heteroatoms. The Morgan fingerprint density at radius 2 is 1.95 bits per heavy atom. The maximum atomic E-state index is 11.9. The van der Waals surface area contributed by atoms with Crippen LogP contribution in [0.25, 0.3) is 0 Å². The molecule has 0 spiro atoms. The minimum absolute atomic E-state index is 0.0423. The van der Waals surface area contributed by atoms with Gasteiger partial charge in [-0.05, 0) is 38.1 Å². The van der Waals surface area contributed by atoms with Gasteiger partial charge in [0.1, 0.15) is 18.9 Å². The van der Waals surface area contributed by atoms with E-state index in [0.717, 1.165) is 0 Å². The largest absolute Gasteiger partial charge is 0.481 e. The van der Waals surface area contributed by atoms with Gasteiger partial charge in [-0.1, -0.05) is 5.92 Å². The Balaban J connectivity index is 2.66. The zero-order chi connectivity index (χ0) is 15.7. The molecule has 0 aliphatic rings. The maximum Gasteiger partial charge on any atom is 0.321 e. The van der Waals surface area contributed by atoms with Gasteiger partial charge in [0.15, 0.2) is 0 Å². The van der Waals surface area contributed by atoms with Crippen molar-refractivity contribution >= 4 is 16.0 Å². The monoisotopic (exact) mass is 311 g/mol. The zero-order valence-corrected chi connectivity index (χ0v) is 12.7. The molecule has 1 aromatic carbocycles. The number of carbonyl (C=O) groups excluding carboxylic acids is 1. The lowest BCUT2D eigenvalue weighted by molar-refractivity contribution is -0.141. The van der Waals surface area contributed by atoms with Gasteiger partial charge >= 0.3 is 5.97 Å². The summed E-state index contributed by atoms with van der Waals surface area (Å²) in [6, 6.07) is 5.83. The van der Waals surface area contributed by atoms with Crippen LogP contribution in [0.1, 0.15) is 13.8 Å². The molecule has 1 rings (SSSR count). The lowest BCUT2D eigenvalue weighted by Crippen LogP contribution is -2.30. The molecule has 0 heterocycles. The second kappa shape index (κ2) is 8.29. The third-order valence-corrected chi connectivity index (χ3v) is 3.75. The number of sulfonamides is 1. The number of rotatable bonds is 7. The fraction of sp³-hybridized carbons (Fsp3) is 0.357. The van der Waals surface area contributed by atoms with E-state index in [1.54, 1.807) is 13.8 Å². The van der Waals surface area contributed by atoms with Crippen molar-refractivity contribution < 1.29 is 22.7 Å². The molecule has 21 heavy (non-hydrogen) atoms. The van der Waals surface area contributed by atoms with Crippen LogP contribution in [0.4, 0.5) is 0 Å². The summed E-state index contributed by atoms with van der Waals surface area (Å²) in [7, 11) is -3.75. The van der Waals surface area contributed by atoms with Crippen LogP contribution in [0.2, 0.25) is 0 Å². The molecule has 0 saturated heterocycles. The van der Waals surface area contributed by atoms with Crippen molar-refractivity contribution in [2.75, 3.05) is 19.8 Å². The highest BCUT2D eigenvalue weighted by Gasteiger charge is 2.15. The summed E-state index contributed by atoms with van der Waals surface area (Å²) >= 11 is 0. The van der Waals surface area contributed by atoms with Crippen LogP contribution in [0, 0.1) is 11.8 Å². The average molecular weight is 311 g/mol. The molecule has 0 aliphatic carbocycles. The first kappa shape index (κ1) is 17.0. The van der Waals surface area contributed by atoms with E-state index in [-0.39, 0.29) is 18.1 Å². The third kappa shape index (κ3) is 5.85. The summed E-state index contributed by atoms with van der Waals surface area (Å²) in [5.41, 5.74) is 0. The van der Waals surface area contributed by atoms with Crippen LogP contribution in [0.15, 0.2) is 29.2 Å². The van der Waals surface area contributed by atoms with E-state index >= 15 is 0 Å². The predicted molar refractivity (Wildman–Crippen MR) is 77.2 cm³/mol. The van der Waals surface area contributed by atoms with E-state index in [1.165, 1.54) is 24.3 Å². The molecular formula is C14H17NO5S. The zero-order valence-electron chi connectivity index (χ0n) is 11.9. The first-order chi connectivity index (χ1) is 9.99. The predicted octanol–water partition coefficient (Wildman–Crippen LogP) is 0.930. The average Bonchev–Trinajstić information content (AvgIpc) is 2.46. The highest BCUT2D eigenvalue weighted by Crippen LogP contribution is 2.15. The Hall–Kier alpha value is -2.04. The molecule has 0 amide bonds. The summed E-state index contributed by atoms with van der Waals surface area (Å²) in [4.78, 5) is 11.2. The molecule has 0 aliphatic heterocycles. The molecule has 0 unspecified atom stereocenters. The fourth-order valence-corrected chi connectivity index (χ4v) is 2.32. The number of ether oxygens (including phenoxy) is 2. The molecular weight excluding hydrogens is 294 g/mol. The van der Waals surface area contributed by atoms with E-state index in [4.69, 9.17) is 4.74 Å². The van der Waals surface area contributed by atoms with E-state index in [0.29, 0.717) is 5.75 Å². The summed E-state index contributed by atoms with van der Waals surface area (Å²) < 4.78 is 36.0. The first-order valence-electron chi connectivity index (χ1n) is 6.27. The quantitative estimate of drug-likeness (QED) is 0.598. The molecule has 0 fully saturated rings. The highest BCUT2D eigenvalue weighted by molar-refractivity contribution is 7.89. The van der Waals surface area contributed by atoms with Crippen LogP contribution in [0.5, 0.6) is 5.75 Å². The molecule has 0 saturated carbocycles. The number of hydrogen-bond donors (Lipinski definition) is 1. The van der Waals surface area contributed by atoms with E-state index in [9.17, 15) is 13.2 Å². The fourth-order valence-electron chi connectivity index (χ4n) is 1.36. The number of esters is 1. The van der Waals surface area contributed by atoms with Crippen LogP contribution in [-0.4, -0.2) is 34.1 Å².